The quantitative estimate of drug-likeness (QED) is 0.371. The van der Waals surface area contributed by atoms with E-state index in [1.807, 2.05) is 68.4 Å². The summed E-state index contributed by atoms with van der Waals surface area (Å²) in [5.41, 5.74) is 2.09. The van der Waals surface area contributed by atoms with Gasteiger partial charge in [0.1, 0.15) is 0 Å². The molecule has 0 aliphatic carbocycles. The molecule has 0 aromatic heterocycles. The SMILES string of the molecule is CCC(C)CC(C(=O)O)c1cc(-c2ccccc2)cc(N2CCCc3ccccc32)c1C(F)(F)F. The number of benzene rings is 3. The number of carboxylic acids is 1. The largest absolute Gasteiger partial charge is 0.481 e. The highest BCUT2D eigenvalue weighted by Crippen LogP contribution is 2.48. The summed E-state index contributed by atoms with van der Waals surface area (Å²) in [6.45, 7) is 4.23. The van der Waals surface area contributed by atoms with Crippen molar-refractivity contribution in [1.29, 1.82) is 0 Å². The van der Waals surface area contributed by atoms with Gasteiger partial charge in [0, 0.05) is 12.2 Å². The molecule has 0 bridgehead atoms. The lowest BCUT2D eigenvalue weighted by atomic mass is 9.83. The van der Waals surface area contributed by atoms with Crippen molar-refractivity contribution in [1.82, 2.24) is 0 Å². The van der Waals surface area contributed by atoms with Crippen LogP contribution in [0.5, 0.6) is 0 Å². The van der Waals surface area contributed by atoms with Crippen LogP contribution in [0.25, 0.3) is 11.1 Å². The fraction of sp³-hybridized carbons (Fsp3) is 0.345. The molecule has 3 nitrogen and oxygen atoms in total. The van der Waals surface area contributed by atoms with E-state index >= 15 is 0 Å². The third-order valence-corrected chi connectivity index (χ3v) is 6.95. The molecule has 3 aromatic carbocycles. The van der Waals surface area contributed by atoms with Crippen molar-refractivity contribution < 1.29 is 23.1 Å². The summed E-state index contributed by atoms with van der Waals surface area (Å²) in [4.78, 5) is 14.1. The molecule has 0 radical (unpaired) electrons. The number of carboxylic acid groups (broad SMARTS) is 1. The first-order chi connectivity index (χ1) is 16.7. The number of alkyl halides is 3. The molecule has 3 aromatic rings. The normalized spacial score (nSPS) is 15.4. The number of rotatable bonds is 7. The van der Waals surface area contributed by atoms with Crippen molar-refractivity contribution in [3.8, 4) is 11.1 Å². The number of fused-ring (bicyclic) bond motifs is 1. The van der Waals surface area contributed by atoms with E-state index in [2.05, 4.69) is 0 Å². The molecule has 0 amide bonds. The van der Waals surface area contributed by atoms with Crippen LogP contribution in [0.4, 0.5) is 24.5 Å². The summed E-state index contributed by atoms with van der Waals surface area (Å²) in [6.07, 6.45) is -2.37. The molecule has 35 heavy (non-hydrogen) atoms. The predicted octanol–water partition coefficient (Wildman–Crippen LogP) is 8.06. The number of aliphatic carboxylic acids is 1. The first-order valence-corrected chi connectivity index (χ1v) is 12.1. The number of hydrogen-bond donors (Lipinski definition) is 1. The Bertz CT molecular complexity index is 1190. The molecule has 0 saturated carbocycles. The molecule has 2 unspecified atom stereocenters. The van der Waals surface area contributed by atoms with Crippen molar-refractivity contribution >= 4 is 17.3 Å². The summed E-state index contributed by atoms with van der Waals surface area (Å²) < 4.78 is 44.4. The van der Waals surface area contributed by atoms with Crippen LogP contribution in [0.15, 0.2) is 66.7 Å². The maximum atomic E-state index is 14.8. The van der Waals surface area contributed by atoms with Crippen molar-refractivity contribution in [2.75, 3.05) is 11.4 Å². The molecular formula is C29H30F3NO2. The number of halogens is 3. The molecule has 0 fully saturated rings. The van der Waals surface area contributed by atoms with Gasteiger partial charge in [0.05, 0.1) is 17.2 Å². The molecule has 0 spiro atoms. The second kappa shape index (κ2) is 10.1. The second-order valence-electron chi connectivity index (χ2n) is 9.35. The molecule has 1 N–H and O–H groups in total. The summed E-state index contributed by atoms with van der Waals surface area (Å²) in [6, 6.07) is 19.7. The Labute approximate surface area is 204 Å². The third kappa shape index (κ3) is 5.21. The summed E-state index contributed by atoms with van der Waals surface area (Å²) >= 11 is 0. The molecule has 4 rings (SSSR count). The van der Waals surface area contributed by atoms with E-state index in [1.54, 1.807) is 11.0 Å². The monoisotopic (exact) mass is 481 g/mol. The molecule has 1 aliphatic heterocycles. The Hall–Kier alpha value is -3.28. The van der Waals surface area contributed by atoms with Crippen LogP contribution in [-0.2, 0) is 17.4 Å². The van der Waals surface area contributed by atoms with Crippen molar-refractivity contribution in [2.45, 2.75) is 51.6 Å². The second-order valence-corrected chi connectivity index (χ2v) is 9.35. The van der Waals surface area contributed by atoms with Gasteiger partial charge < -0.3 is 10.0 Å². The average molecular weight is 482 g/mol. The van der Waals surface area contributed by atoms with Crippen molar-refractivity contribution in [2.24, 2.45) is 5.92 Å². The lowest BCUT2D eigenvalue weighted by Crippen LogP contribution is -2.29. The van der Waals surface area contributed by atoms with Crippen molar-refractivity contribution in [3.05, 3.63) is 83.4 Å². The first-order valence-electron chi connectivity index (χ1n) is 12.1. The summed E-state index contributed by atoms with van der Waals surface area (Å²) in [7, 11) is 0. The number of hydrogen-bond acceptors (Lipinski definition) is 2. The Morgan fingerprint density at radius 1 is 1.00 bits per heavy atom. The van der Waals surface area contributed by atoms with Crippen LogP contribution < -0.4 is 4.90 Å². The molecule has 2 atom stereocenters. The highest BCUT2D eigenvalue weighted by atomic mass is 19.4. The standard InChI is InChI=1S/C29H30F3NO2/c1-3-19(2)16-24(28(34)35)23-17-22(20-10-5-4-6-11-20)18-26(27(23)29(30,31)32)33-15-9-13-21-12-7-8-14-25(21)33/h4-8,10-12,14,17-19,24H,3,9,13,15-16H2,1-2H3,(H,34,35). The van der Waals surface area contributed by atoms with Gasteiger partial charge in [0.15, 0.2) is 0 Å². The number of para-hydroxylation sites is 1. The van der Waals surface area contributed by atoms with Gasteiger partial charge in [-0.25, -0.2) is 0 Å². The lowest BCUT2D eigenvalue weighted by molar-refractivity contribution is -0.141. The van der Waals surface area contributed by atoms with Gasteiger partial charge in [-0.1, -0.05) is 68.8 Å². The molecule has 6 heteroatoms. The fourth-order valence-electron chi connectivity index (χ4n) is 4.96. The minimum atomic E-state index is -4.71. The minimum Gasteiger partial charge on any atom is -0.481 e. The van der Waals surface area contributed by atoms with Gasteiger partial charge in [-0.3, -0.25) is 4.79 Å². The van der Waals surface area contributed by atoms with E-state index in [9.17, 15) is 23.1 Å². The van der Waals surface area contributed by atoms with Crippen LogP contribution in [0.1, 0.15) is 55.7 Å². The molecule has 1 aliphatic rings. The average Bonchev–Trinajstić information content (AvgIpc) is 2.85. The maximum absolute atomic E-state index is 14.8. The predicted molar refractivity (Wildman–Crippen MR) is 133 cm³/mol. The molecule has 184 valence electrons. The number of aryl methyl sites for hydroxylation is 1. The molecule has 1 heterocycles. The Balaban J connectivity index is 2.03. The van der Waals surface area contributed by atoms with Crippen molar-refractivity contribution in [3.63, 3.8) is 0 Å². The smallest absolute Gasteiger partial charge is 0.418 e. The fourth-order valence-corrected chi connectivity index (χ4v) is 4.96. The van der Waals surface area contributed by atoms with Gasteiger partial charge >= 0.3 is 12.1 Å². The van der Waals surface area contributed by atoms with E-state index in [0.717, 1.165) is 23.2 Å². The van der Waals surface area contributed by atoms with Crippen LogP contribution >= 0.6 is 0 Å². The van der Waals surface area contributed by atoms with Crippen LogP contribution in [0.2, 0.25) is 0 Å². The van der Waals surface area contributed by atoms with Gasteiger partial charge in [-0.2, -0.15) is 13.2 Å². The Morgan fingerprint density at radius 2 is 1.69 bits per heavy atom. The maximum Gasteiger partial charge on any atom is 0.418 e. The Morgan fingerprint density at radius 3 is 2.34 bits per heavy atom. The minimum absolute atomic E-state index is 0.0244. The van der Waals surface area contributed by atoms with E-state index in [1.165, 1.54) is 6.07 Å². The van der Waals surface area contributed by atoms with Gasteiger partial charge in [-0.05, 0) is 65.6 Å². The van der Waals surface area contributed by atoms with E-state index < -0.39 is 23.6 Å². The first kappa shape index (κ1) is 24.8. The molecular weight excluding hydrogens is 451 g/mol. The van der Waals surface area contributed by atoms with Gasteiger partial charge in [0.2, 0.25) is 0 Å². The van der Waals surface area contributed by atoms with E-state index in [-0.39, 0.29) is 23.6 Å². The van der Waals surface area contributed by atoms with Crippen LogP contribution in [0, 0.1) is 5.92 Å². The molecule has 0 saturated heterocycles. The number of nitrogens with zero attached hydrogens (tertiary/aromatic N) is 1. The van der Waals surface area contributed by atoms with Crippen LogP contribution in [0.3, 0.4) is 0 Å². The third-order valence-electron chi connectivity index (χ3n) is 6.95. The zero-order valence-corrected chi connectivity index (χ0v) is 20.0. The number of anilines is 2. The van der Waals surface area contributed by atoms with E-state index in [4.69, 9.17) is 0 Å². The topological polar surface area (TPSA) is 40.5 Å². The Kier molecular flexibility index (Phi) is 7.20. The zero-order valence-electron chi connectivity index (χ0n) is 20.0. The summed E-state index contributed by atoms with van der Waals surface area (Å²) in [5.74, 6) is -2.52. The zero-order chi connectivity index (χ0) is 25.2. The number of carbonyl (C=O) groups is 1. The van der Waals surface area contributed by atoms with Gasteiger partial charge in [-0.15, -0.1) is 0 Å². The van der Waals surface area contributed by atoms with Gasteiger partial charge in [0.25, 0.3) is 0 Å². The van der Waals surface area contributed by atoms with Crippen LogP contribution in [-0.4, -0.2) is 17.6 Å². The highest BCUT2D eigenvalue weighted by molar-refractivity contribution is 5.83. The highest BCUT2D eigenvalue weighted by Gasteiger charge is 2.42. The summed E-state index contributed by atoms with van der Waals surface area (Å²) in [5, 5.41) is 10.1. The van der Waals surface area contributed by atoms with E-state index in [0.29, 0.717) is 24.9 Å². The lowest BCUT2D eigenvalue weighted by Gasteiger charge is -2.35.